The molecule has 3 rings (SSSR count). The van der Waals surface area contributed by atoms with Crippen LogP contribution in [0.1, 0.15) is 37.7 Å². The van der Waals surface area contributed by atoms with Crippen molar-refractivity contribution in [1.82, 2.24) is 10.2 Å². The highest BCUT2D eigenvalue weighted by Gasteiger charge is 2.51. The van der Waals surface area contributed by atoms with Gasteiger partial charge in [-0.1, -0.05) is 25.0 Å². The summed E-state index contributed by atoms with van der Waals surface area (Å²) in [6.07, 6.45) is 5.76. The molecule has 1 saturated carbocycles. The maximum atomic E-state index is 13.0. The molecule has 3 atom stereocenters. The second kappa shape index (κ2) is 8.87. The number of amides is 3. The molecule has 1 aliphatic carbocycles. The summed E-state index contributed by atoms with van der Waals surface area (Å²) in [5, 5.41) is 2.81. The van der Waals surface area contributed by atoms with Crippen LogP contribution in [0.3, 0.4) is 0 Å². The Bertz CT molecular complexity index is 686. The van der Waals surface area contributed by atoms with Gasteiger partial charge in [0.2, 0.25) is 17.7 Å². The molecule has 1 aliphatic heterocycles. The van der Waals surface area contributed by atoms with Crippen molar-refractivity contribution in [3.63, 3.8) is 0 Å². The topological polar surface area (TPSA) is 66.5 Å². The first-order valence-electron chi connectivity index (χ1n) is 9.41. The Morgan fingerprint density at radius 3 is 2.33 bits per heavy atom. The van der Waals surface area contributed by atoms with E-state index in [0.29, 0.717) is 12.2 Å². The number of imide groups is 1. The van der Waals surface area contributed by atoms with Crippen LogP contribution in [-0.2, 0) is 20.9 Å². The Kier molecular flexibility index (Phi) is 6.52. The number of likely N-dealkylation sites (tertiary alicyclic amines) is 1. The van der Waals surface area contributed by atoms with E-state index in [9.17, 15) is 18.8 Å². The van der Waals surface area contributed by atoms with Crippen LogP contribution in [0.5, 0.6) is 0 Å². The van der Waals surface area contributed by atoms with Crippen LogP contribution < -0.4 is 5.32 Å². The van der Waals surface area contributed by atoms with Gasteiger partial charge in [-0.05, 0) is 49.0 Å². The van der Waals surface area contributed by atoms with E-state index in [4.69, 9.17) is 0 Å². The molecule has 27 heavy (non-hydrogen) atoms. The van der Waals surface area contributed by atoms with Gasteiger partial charge in [0.15, 0.2) is 0 Å². The van der Waals surface area contributed by atoms with Crippen molar-refractivity contribution < 1.29 is 18.8 Å². The number of nitrogens with zero attached hydrogens (tertiary/aromatic N) is 1. The lowest BCUT2D eigenvalue weighted by molar-refractivity contribution is -0.148. The van der Waals surface area contributed by atoms with Crippen LogP contribution in [0.25, 0.3) is 0 Å². The molecule has 0 unspecified atom stereocenters. The maximum absolute atomic E-state index is 13.0. The first kappa shape index (κ1) is 19.9. The average molecular weight is 392 g/mol. The number of benzene rings is 1. The fourth-order valence-electron chi connectivity index (χ4n) is 4.01. The number of fused-ring (bicyclic) bond motifs is 1. The molecule has 0 radical (unpaired) electrons. The molecule has 1 saturated heterocycles. The van der Waals surface area contributed by atoms with Gasteiger partial charge in [-0.3, -0.25) is 19.3 Å². The molecular formula is C20H25FN2O3S. The molecule has 1 heterocycles. The van der Waals surface area contributed by atoms with Crippen molar-refractivity contribution in [1.29, 1.82) is 0 Å². The summed E-state index contributed by atoms with van der Waals surface area (Å²) in [5.41, 5.74) is 0.765. The van der Waals surface area contributed by atoms with Crippen molar-refractivity contribution in [3.05, 3.63) is 35.6 Å². The molecule has 3 amide bonds. The molecule has 1 aromatic rings. The molecule has 1 aromatic carbocycles. The molecule has 0 bridgehead atoms. The van der Waals surface area contributed by atoms with Crippen molar-refractivity contribution in [2.75, 3.05) is 12.0 Å². The van der Waals surface area contributed by atoms with Gasteiger partial charge in [-0.25, -0.2) is 4.39 Å². The summed E-state index contributed by atoms with van der Waals surface area (Å²) in [7, 11) is 0. The Hall–Kier alpha value is -1.89. The van der Waals surface area contributed by atoms with Crippen LogP contribution in [0, 0.1) is 17.7 Å². The van der Waals surface area contributed by atoms with E-state index < -0.39 is 6.04 Å². The summed E-state index contributed by atoms with van der Waals surface area (Å²) >= 11 is 1.58. The second-order valence-electron chi connectivity index (χ2n) is 7.19. The summed E-state index contributed by atoms with van der Waals surface area (Å²) < 4.78 is 13.0. The monoisotopic (exact) mass is 392 g/mol. The molecule has 7 heteroatoms. The van der Waals surface area contributed by atoms with Gasteiger partial charge in [0, 0.05) is 6.54 Å². The molecule has 146 valence electrons. The fraction of sp³-hybridized carbons (Fsp3) is 0.550. The van der Waals surface area contributed by atoms with Crippen LogP contribution in [0.4, 0.5) is 4.39 Å². The molecular weight excluding hydrogens is 367 g/mol. The van der Waals surface area contributed by atoms with E-state index in [1.807, 2.05) is 6.26 Å². The predicted molar refractivity (Wildman–Crippen MR) is 102 cm³/mol. The van der Waals surface area contributed by atoms with E-state index in [-0.39, 0.29) is 41.9 Å². The minimum absolute atomic E-state index is 0.187. The highest BCUT2D eigenvalue weighted by Crippen LogP contribution is 2.39. The van der Waals surface area contributed by atoms with Gasteiger partial charge in [0.1, 0.15) is 11.9 Å². The number of carbonyl (C=O) groups is 3. The first-order chi connectivity index (χ1) is 13.0. The number of hydrogen-bond donors (Lipinski definition) is 1. The zero-order chi connectivity index (χ0) is 19.4. The van der Waals surface area contributed by atoms with Gasteiger partial charge in [0.25, 0.3) is 0 Å². The maximum Gasteiger partial charge on any atom is 0.243 e. The number of hydrogen-bond acceptors (Lipinski definition) is 4. The SMILES string of the molecule is CSCC[C@H](C(=O)NCc1ccc(F)cc1)N1C(=O)[C@H]2CCCC[C@H]2C1=O. The lowest BCUT2D eigenvalue weighted by Gasteiger charge is -2.26. The zero-order valence-corrected chi connectivity index (χ0v) is 16.3. The van der Waals surface area contributed by atoms with Crippen molar-refractivity contribution >= 4 is 29.5 Å². The third kappa shape index (κ3) is 4.34. The Labute approximate surface area is 163 Å². The van der Waals surface area contributed by atoms with E-state index >= 15 is 0 Å². The fourth-order valence-corrected chi connectivity index (χ4v) is 4.47. The number of nitrogens with one attached hydrogen (secondary N) is 1. The minimum atomic E-state index is -0.775. The predicted octanol–water partition coefficient (Wildman–Crippen LogP) is 2.74. The van der Waals surface area contributed by atoms with Crippen molar-refractivity contribution in [2.45, 2.75) is 44.7 Å². The number of halogens is 1. The van der Waals surface area contributed by atoms with Crippen LogP contribution in [0.2, 0.25) is 0 Å². The molecule has 5 nitrogen and oxygen atoms in total. The molecule has 2 fully saturated rings. The zero-order valence-electron chi connectivity index (χ0n) is 15.4. The molecule has 0 spiro atoms. The number of thioether (sulfide) groups is 1. The third-order valence-corrected chi connectivity index (χ3v) is 6.11. The largest absolute Gasteiger partial charge is 0.350 e. The van der Waals surface area contributed by atoms with Gasteiger partial charge in [-0.15, -0.1) is 0 Å². The second-order valence-corrected chi connectivity index (χ2v) is 8.17. The van der Waals surface area contributed by atoms with Crippen molar-refractivity contribution in [2.24, 2.45) is 11.8 Å². The minimum Gasteiger partial charge on any atom is -0.350 e. The highest BCUT2D eigenvalue weighted by molar-refractivity contribution is 7.98. The summed E-state index contributed by atoms with van der Waals surface area (Å²) in [5.74, 6) is -0.866. The average Bonchev–Trinajstić information content (AvgIpc) is 2.93. The van der Waals surface area contributed by atoms with E-state index in [0.717, 1.165) is 31.2 Å². The number of carbonyl (C=O) groups excluding carboxylic acids is 3. The Morgan fingerprint density at radius 1 is 1.19 bits per heavy atom. The highest BCUT2D eigenvalue weighted by atomic mass is 32.2. The van der Waals surface area contributed by atoms with E-state index in [1.165, 1.54) is 17.0 Å². The van der Waals surface area contributed by atoms with E-state index in [2.05, 4.69) is 5.32 Å². The van der Waals surface area contributed by atoms with Crippen LogP contribution in [-0.4, -0.2) is 40.7 Å². The van der Waals surface area contributed by atoms with Gasteiger partial charge >= 0.3 is 0 Å². The Morgan fingerprint density at radius 2 is 1.78 bits per heavy atom. The van der Waals surface area contributed by atoms with Gasteiger partial charge < -0.3 is 5.32 Å². The smallest absolute Gasteiger partial charge is 0.243 e. The van der Waals surface area contributed by atoms with E-state index in [1.54, 1.807) is 23.9 Å². The van der Waals surface area contributed by atoms with Crippen LogP contribution >= 0.6 is 11.8 Å². The standard InChI is InChI=1S/C20H25FN2O3S/c1-27-11-10-17(18(24)22-12-13-6-8-14(21)9-7-13)23-19(25)15-4-2-3-5-16(15)20(23)26/h6-9,15-17H,2-5,10-12H2,1H3,(H,22,24)/t15-,16+,17-/m1/s1. The van der Waals surface area contributed by atoms with Crippen LogP contribution in [0.15, 0.2) is 24.3 Å². The first-order valence-corrected chi connectivity index (χ1v) is 10.8. The molecule has 2 aliphatic rings. The summed E-state index contributed by atoms with van der Waals surface area (Å²) in [6.45, 7) is 0.234. The quantitative estimate of drug-likeness (QED) is 0.725. The lowest BCUT2D eigenvalue weighted by Crippen LogP contribution is -2.50. The molecule has 1 N–H and O–H groups in total. The molecule has 0 aromatic heterocycles. The van der Waals surface area contributed by atoms with Gasteiger partial charge in [-0.2, -0.15) is 11.8 Å². The van der Waals surface area contributed by atoms with Crippen molar-refractivity contribution in [3.8, 4) is 0 Å². The summed E-state index contributed by atoms with van der Waals surface area (Å²) in [4.78, 5) is 39.8. The normalized spacial score (nSPS) is 23.3. The Balaban J connectivity index is 1.72. The van der Waals surface area contributed by atoms with Gasteiger partial charge in [0.05, 0.1) is 11.8 Å². The summed E-state index contributed by atoms with van der Waals surface area (Å²) in [6, 6.07) is 5.11. The third-order valence-electron chi connectivity index (χ3n) is 5.46. The lowest BCUT2D eigenvalue weighted by atomic mass is 9.81. The number of rotatable bonds is 7.